The molecular weight excluding hydrogens is 406 g/mol. The molecule has 10 nitrogen and oxygen atoms in total. The van der Waals surface area contributed by atoms with Gasteiger partial charge in [0.1, 0.15) is 0 Å². The van der Waals surface area contributed by atoms with Crippen molar-refractivity contribution < 1.29 is 23.9 Å². The van der Waals surface area contributed by atoms with Gasteiger partial charge in [0.15, 0.2) is 11.5 Å². The van der Waals surface area contributed by atoms with E-state index in [1.165, 1.54) is 32.0 Å². The molecule has 0 unspecified atom stereocenters. The number of methoxy groups -OCH3 is 3. The fourth-order valence-electron chi connectivity index (χ4n) is 4.63. The van der Waals surface area contributed by atoms with E-state index in [1.54, 1.807) is 23.1 Å². The van der Waals surface area contributed by atoms with Gasteiger partial charge < -0.3 is 23.7 Å². The van der Waals surface area contributed by atoms with E-state index in [0.717, 1.165) is 12.1 Å². The molecule has 1 saturated heterocycles. The minimum absolute atomic E-state index is 0.0388. The number of pyridine rings is 1. The van der Waals surface area contributed by atoms with Gasteiger partial charge in [-0.25, -0.2) is 0 Å². The summed E-state index contributed by atoms with van der Waals surface area (Å²) < 4.78 is 17.5. The predicted molar refractivity (Wildman–Crippen MR) is 110 cm³/mol. The molecule has 2 bridgehead atoms. The maximum Gasteiger partial charge on any atom is 0.334 e. The number of carbonyl (C=O) groups is 1. The molecule has 2 atom stereocenters. The SMILES string of the molecule is COc1cc(C(=O)N2C[C@H]3C[C@@H](C2)c2ccc([N+](=O)[O-])c(=O)n2C3)cc(OC)c1OC. The summed E-state index contributed by atoms with van der Waals surface area (Å²) in [4.78, 5) is 38.0. The molecule has 0 N–H and O–H groups in total. The van der Waals surface area contributed by atoms with Gasteiger partial charge in [0.25, 0.3) is 5.91 Å². The molecule has 164 valence electrons. The lowest BCUT2D eigenvalue weighted by Gasteiger charge is -2.42. The fourth-order valence-corrected chi connectivity index (χ4v) is 4.63. The third-order valence-electron chi connectivity index (χ3n) is 5.98. The Kier molecular flexibility index (Phi) is 5.30. The first-order chi connectivity index (χ1) is 14.9. The normalized spacial score (nSPS) is 19.4. The molecule has 4 rings (SSSR count). The molecule has 0 aliphatic carbocycles. The van der Waals surface area contributed by atoms with Crippen LogP contribution in [-0.2, 0) is 6.54 Å². The minimum Gasteiger partial charge on any atom is -0.493 e. The van der Waals surface area contributed by atoms with E-state index in [0.29, 0.717) is 42.4 Å². The minimum atomic E-state index is -0.653. The van der Waals surface area contributed by atoms with E-state index in [-0.39, 0.29) is 17.7 Å². The molecule has 2 aliphatic rings. The molecule has 3 heterocycles. The summed E-state index contributed by atoms with van der Waals surface area (Å²) in [6.07, 6.45) is 0.830. The summed E-state index contributed by atoms with van der Waals surface area (Å²) in [5.41, 5.74) is 0.139. The van der Waals surface area contributed by atoms with Gasteiger partial charge in [-0.05, 0) is 30.5 Å². The Morgan fingerprint density at radius 1 is 1.06 bits per heavy atom. The van der Waals surface area contributed by atoms with E-state index in [9.17, 15) is 19.7 Å². The van der Waals surface area contributed by atoms with E-state index < -0.39 is 16.2 Å². The molecule has 0 saturated carbocycles. The molecule has 1 amide bonds. The molecule has 0 spiro atoms. The van der Waals surface area contributed by atoms with Gasteiger partial charge in [-0.1, -0.05) is 0 Å². The Morgan fingerprint density at radius 3 is 2.32 bits per heavy atom. The molecule has 0 radical (unpaired) electrons. The number of likely N-dealkylation sites (tertiary alicyclic amines) is 1. The topological polar surface area (TPSA) is 113 Å². The van der Waals surface area contributed by atoms with Crippen LogP contribution in [0.3, 0.4) is 0 Å². The summed E-state index contributed by atoms with van der Waals surface area (Å²) in [6.45, 7) is 1.23. The van der Waals surface area contributed by atoms with Gasteiger partial charge >= 0.3 is 11.2 Å². The van der Waals surface area contributed by atoms with Gasteiger partial charge in [-0.15, -0.1) is 0 Å². The number of rotatable bonds is 5. The first kappa shape index (κ1) is 20.7. The van der Waals surface area contributed by atoms with E-state index in [4.69, 9.17) is 14.2 Å². The Hall–Kier alpha value is -3.56. The van der Waals surface area contributed by atoms with Crippen LogP contribution in [0.5, 0.6) is 17.2 Å². The number of ether oxygens (including phenoxy) is 3. The predicted octanol–water partition coefficient (Wildman–Crippen LogP) is 2.04. The maximum absolute atomic E-state index is 13.3. The van der Waals surface area contributed by atoms with Crippen LogP contribution in [0.25, 0.3) is 0 Å². The van der Waals surface area contributed by atoms with Crippen molar-refractivity contribution in [3.8, 4) is 17.2 Å². The summed E-state index contributed by atoms with van der Waals surface area (Å²) in [5.74, 6) is 1.00. The second kappa shape index (κ2) is 7.93. The first-order valence-electron chi connectivity index (χ1n) is 9.85. The smallest absolute Gasteiger partial charge is 0.334 e. The number of nitro groups is 1. The van der Waals surface area contributed by atoms with Crippen molar-refractivity contribution in [1.29, 1.82) is 0 Å². The maximum atomic E-state index is 13.3. The van der Waals surface area contributed by atoms with Gasteiger partial charge in [0.2, 0.25) is 5.75 Å². The Balaban J connectivity index is 1.65. The van der Waals surface area contributed by atoms with Crippen LogP contribution in [-0.4, -0.2) is 54.7 Å². The third-order valence-corrected chi connectivity index (χ3v) is 5.98. The fraction of sp³-hybridized carbons (Fsp3) is 0.429. The monoisotopic (exact) mass is 429 g/mol. The molecule has 1 aromatic carbocycles. The van der Waals surface area contributed by atoms with Crippen LogP contribution >= 0.6 is 0 Å². The standard InChI is InChI=1S/C21H23N3O7/c1-29-17-7-13(8-18(30-2)19(17)31-3)20(25)22-9-12-6-14(11-22)15-4-5-16(24(27)28)21(26)23(15)10-12/h4-5,7-8,12,14H,6,9-11H2,1-3H3/t12-,14+/m1/s1. The first-order valence-corrected chi connectivity index (χ1v) is 9.85. The van der Waals surface area contributed by atoms with Crippen LogP contribution < -0.4 is 19.8 Å². The lowest BCUT2D eigenvalue weighted by atomic mass is 9.83. The van der Waals surface area contributed by atoms with Crippen molar-refractivity contribution in [2.75, 3.05) is 34.4 Å². The number of benzene rings is 1. The largest absolute Gasteiger partial charge is 0.493 e. The number of amides is 1. The second-order valence-electron chi connectivity index (χ2n) is 7.74. The van der Waals surface area contributed by atoms with Crippen molar-refractivity contribution in [2.24, 2.45) is 5.92 Å². The Morgan fingerprint density at radius 2 is 1.74 bits per heavy atom. The van der Waals surface area contributed by atoms with Crippen LogP contribution in [0.2, 0.25) is 0 Å². The number of fused-ring (bicyclic) bond motifs is 4. The molecule has 2 aliphatic heterocycles. The highest BCUT2D eigenvalue weighted by Gasteiger charge is 2.38. The van der Waals surface area contributed by atoms with Gasteiger partial charge in [-0.3, -0.25) is 19.7 Å². The average Bonchev–Trinajstić information content (AvgIpc) is 2.77. The van der Waals surface area contributed by atoms with E-state index >= 15 is 0 Å². The number of carbonyl (C=O) groups excluding carboxylic acids is 1. The number of nitrogens with zero attached hydrogens (tertiary/aromatic N) is 3. The molecule has 1 aromatic heterocycles. The number of hydrogen-bond donors (Lipinski definition) is 0. The van der Waals surface area contributed by atoms with Crippen LogP contribution in [0.15, 0.2) is 29.1 Å². The summed E-state index contributed by atoms with van der Waals surface area (Å²) in [6, 6.07) is 6.13. The number of hydrogen-bond acceptors (Lipinski definition) is 7. The highest BCUT2D eigenvalue weighted by molar-refractivity contribution is 5.95. The zero-order valence-electron chi connectivity index (χ0n) is 17.5. The van der Waals surface area contributed by atoms with Gasteiger partial charge in [-0.2, -0.15) is 0 Å². The van der Waals surface area contributed by atoms with E-state index in [2.05, 4.69) is 0 Å². The molecule has 31 heavy (non-hydrogen) atoms. The summed E-state index contributed by atoms with van der Waals surface area (Å²) >= 11 is 0. The zero-order chi connectivity index (χ0) is 22.3. The van der Waals surface area contributed by atoms with Crippen LogP contribution in [0.1, 0.15) is 28.4 Å². The van der Waals surface area contributed by atoms with Gasteiger partial charge in [0.05, 0.1) is 26.3 Å². The van der Waals surface area contributed by atoms with Crippen molar-refractivity contribution in [1.82, 2.24) is 9.47 Å². The Labute approximate surface area is 178 Å². The van der Waals surface area contributed by atoms with Crippen molar-refractivity contribution in [3.05, 3.63) is 56.0 Å². The lowest BCUT2D eigenvalue weighted by Crippen LogP contribution is -2.49. The Bertz CT molecular complexity index is 1090. The van der Waals surface area contributed by atoms with E-state index in [1.807, 2.05) is 0 Å². The number of piperidine rings is 1. The highest BCUT2D eigenvalue weighted by atomic mass is 16.6. The second-order valence-corrected chi connectivity index (χ2v) is 7.74. The summed E-state index contributed by atoms with van der Waals surface area (Å²) in [5, 5.41) is 11.1. The zero-order valence-corrected chi connectivity index (χ0v) is 17.5. The van der Waals surface area contributed by atoms with Crippen LogP contribution in [0, 0.1) is 16.0 Å². The molecule has 10 heteroatoms. The summed E-state index contributed by atoms with van der Waals surface area (Å²) in [7, 11) is 4.48. The molecular formula is C21H23N3O7. The number of aromatic nitrogens is 1. The molecule has 1 fully saturated rings. The van der Waals surface area contributed by atoms with Crippen LogP contribution in [0.4, 0.5) is 5.69 Å². The third kappa shape index (κ3) is 3.47. The highest BCUT2D eigenvalue weighted by Crippen LogP contribution is 2.40. The van der Waals surface area contributed by atoms with Gasteiger partial charge in [0, 0.05) is 42.9 Å². The van der Waals surface area contributed by atoms with Crippen molar-refractivity contribution in [3.63, 3.8) is 0 Å². The molecule has 2 aromatic rings. The van der Waals surface area contributed by atoms with Crippen molar-refractivity contribution >= 4 is 11.6 Å². The quantitative estimate of drug-likeness (QED) is 0.528. The van der Waals surface area contributed by atoms with Crippen molar-refractivity contribution in [2.45, 2.75) is 18.9 Å². The lowest BCUT2D eigenvalue weighted by molar-refractivity contribution is -0.386. The average molecular weight is 429 g/mol.